The molecule has 104 valence electrons. The third-order valence-electron chi connectivity index (χ3n) is 3.52. The van der Waals surface area contributed by atoms with Crippen molar-refractivity contribution in [3.8, 4) is 17.1 Å². The van der Waals surface area contributed by atoms with Gasteiger partial charge in [0.15, 0.2) is 5.82 Å². The van der Waals surface area contributed by atoms with E-state index < -0.39 is 0 Å². The molecule has 20 heavy (non-hydrogen) atoms. The van der Waals surface area contributed by atoms with Crippen LogP contribution in [0.15, 0.2) is 30.5 Å². The van der Waals surface area contributed by atoms with E-state index in [2.05, 4.69) is 21.4 Å². The smallest absolute Gasteiger partial charge is 0.159 e. The van der Waals surface area contributed by atoms with Crippen molar-refractivity contribution >= 4 is 0 Å². The standard InChI is InChI=1S/C16H19N3O/c1-11-9-12(3-6-15(11)20-2)16-17-8-7-14(19-16)10-18-13-4-5-13/h3,6-9,13,18H,4-5,10H2,1-2H3. The van der Waals surface area contributed by atoms with Gasteiger partial charge in [0, 0.05) is 24.3 Å². The third kappa shape index (κ3) is 2.96. The van der Waals surface area contributed by atoms with Crippen LogP contribution in [0.2, 0.25) is 0 Å². The van der Waals surface area contributed by atoms with Crippen LogP contribution >= 0.6 is 0 Å². The molecular weight excluding hydrogens is 250 g/mol. The molecule has 4 heteroatoms. The highest BCUT2D eigenvalue weighted by Crippen LogP contribution is 2.24. The van der Waals surface area contributed by atoms with E-state index in [1.807, 2.05) is 31.3 Å². The van der Waals surface area contributed by atoms with Crippen LogP contribution < -0.4 is 10.1 Å². The molecule has 1 N–H and O–H groups in total. The van der Waals surface area contributed by atoms with Crippen LogP contribution in [0.4, 0.5) is 0 Å². The Morgan fingerprint density at radius 1 is 1.30 bits per heavy atom. The molecule has 0 atom stereocenters. The zero-order valence-electron chi connectivity index (χ0n) is 11.9. The molecule has 3 rings (SSSR count). The molecule has 1 fully saturated rings. The van der Waals surface area contributed by atoms with Gasteiger partial charge in [-0.3, -0.25) is 0 Å². The number of methoxy groups -OCH3 is 1. The predicted molar refractivity (Wildman–Crippen MR) is 78.6 cm³/mol. The molecule has 0 amide bonds. The lowest BCUT2D eigenvalue weighted by atomic mass is 10.1. The van der Waals surface area contributed by atoms with Gasteiger partial charge in [0.2, 0.25) is 0 Å². The molecular formula is C16H19N3O. The van der Waals surface area contributed by atoms with Crippen molar-refractivity contribution in [1.82, 2.24) is 15.3 Å². The van der Waals surface area contributed by atoms with Gasteiger partial charge >= 0.3 is 0 Å². The summed E-state index contributed by atoms with van der Waals surface area (Å²) < 4.78 is 5.28. The summed E-state index contributed by atoms with van der Waals surface area (Å²) in [7, 11) is 1.68. The molecule has 1 heterocycles. The first-order valence-corrected chi connectivity index (χ1v) is 6.96. The van der Waals surface area contributed by atoms with Gasteiger partial charge in [-0.15, -0.1) is 0 Å². The van der Waals surface area contributed by atoms with Gasteiger partial charge in [-0.05, 0) is 49.6 Å². The molecule has 0 spiro atoms. The maximum atomic E-state index is 5.28. The molecule has 2 aromatic rings. The van der Waals surface area contributed by atoms with Gasteiger partial charge in [0.25, 0.3) is 0 Å². The van der Waals surface area contributed by atoms with Crippen LogP contribution in [0, 0.1) is 6.92 Å². The number of rotatable bonds is 5. The van der Waals surface area contributed by atoms with Gasteiger partial charge < -0.3 is 10.1 Å². The van der Waals surface area contributed by atoms with Crippen LogP contribution in [-0.2, 0) is 6.54 Å². The monoisotopic (exact) mass is 269 g/mol. The number of benzene rings is 1. The van der Waals surface area contributed by atoms with Crippen LogP contribution in [-0.4, -0.2) is 23.1 Å². The Bertz CT molecular complexity index is 608. The van der Waals surface area contributed by atoms with Crippen molar-refractivity contribution in [2.75, 3.05) is 7.11 Å². The molecule has 0 bridgehead atoms. The van der Waals surface area contributed by atoms with Crippen LogP contribution in [0.1, 0.15) is 24.1 Å². The maximum absolute atomic E-state index is 5.28. The van der Waals surface area contributed by atoms with E-state index in [0.717, 1.165) is 34.9 Å². The van der Waals surface area contributed by atoms with Gasteiger partial charge in [0.1, 0.15) is 5.75 Å². The SMILES string of the molecule is COc1ccc(-c2nccc(CNC3CC3)n2)cc1C. The Labute approximate surface area is 119 Å². The molecule has 1 aromatic heterocycles. The van der Waals surface area contributed by atoms with Crippen molar-refractivity contribution in [3.05, 3.63) is 41.7 Å². The van der Waals surface area contributed by atoms with E-state index in [-0.39, 0.29) is 0 Å². The first-order valence-electron chi connectivity index (χ1n) is 6.96. The first-order chi connectivity index (χ1) is 9.76. The molecule has 0 aliphatic heterocycles. The fraction of sp³-hybridized carbons (Fsp3) is 0.375. The quantitative estimate of drug-likeness (QED) is 0.906. The maximum Gasteiger partial charge on any atom is 0.159 e. The Morgan fingerprint density at radius 3 is 2.85 bits per heavy atom. The van der Waals surface area contributed by atoms with Gasteiger partial charge in [-0.25, -0.2) is 9.97 Å². The van der Waals surface area contributed by atoms with Crippen molar-refractivity contribution in [1.29, 1.82) is 0 Å². The lowest BCUT2D eigenvalue weighted by Crippen LogP contribution is -2.16. The highest BCUT2D eigenvalue weighted by molar-refractivity contribution is 5.58. The summed E-state index contributed by atoms with van der Waals surface area (Å²) in [5.41, 5.74) is 3.15. The second-order valence-corrected chi connectivity index (χ2v) is 5.21. The summed E-state index contributed by atoms with van der Waals surface area (Å²) in [6, 6.07) is 8.68. The summed E-state index contributed by atoms with van der Waals surface area (Å²) in [6.07, 6.45) is 4.40. The summed E-state index contributed by atoms with van der Waals surface area (Å²) in [6.45, 7) is 2.84. The van der Waals surface area contributed by atoms with Crippen LogP contribution in [0.25, 0.3) is 11.4 Å². The molecule has 1 saturated carbocycles. The number of aryl methyl sites for hydroxylation is 1. The van der Waals surface area contributed by atoms with E-state index >= 15 is 0 Å². The van der Waals surface area contributed by atoms with E-state index in [0.29, 0.717) is 6.04 Å². The van der Waals surface area contributed by atoms with Gasteiger partial charge in [-0.2, -0.15) is 0 Å². The second-order valence-electron chi connectivity index (χ2n) is 5.21. The zero-order chi connectivity index (χ0) is 13.9. The highest BCUT2D eigenvalue weighted by Gasteiger charge is 2.20. The number of ether oxygens (including phenoxy) is 1. The topological polar surface area (TPSA) is 47.0 Å². The molecule has 4 nitrogen and oxygen atoms in total. The Hall–Kier alpha value is -1.94. The highest BCUT2D eigenvalue weighted by atomic mass is 16.5. The Kier molecular flexibility index (Phi) is 3.65. The largest absolute Gasteiger partial charge is 0.496 e. The first kappa shape index (κ1) is 13.1. The molecule has 1 aliphatic rings. The number of aromatic nitrogens is 2. The lowest BCUT2D eigenvalue weighted by Gasteiger charge is -2.08. The number of nitrogens with zero attached hydrogens (tertiary/aromatic N) is 2. The van der Waals surface area contributed by atoms with E-state index in [1.165, 1.54) is 12.8 Å². The minimum absolute atomic E-state index is 0.691. The lowest BCUT2D eigenvalue weighted by molar-refractivity contribution is 0.412. The summed E-state index contributed by atoms with van der Waals surface area (Å²) in [5.74, 6) is 1.66. The van der Waals surface area contributed by atoms with Gasteiger partial charge in [0.05, 0.1) is 12.8 Å². The molecule has 1 aliphatic carbocycles. The van der Waals surface area contributed by atoms with Crippen LogP contribution in [0.5, 0.6) is 5.75 Å². The average molecular weight is 269 g/mol. The number of nitrogens with one attached hydrogen (secondary N) is 1. The second kappa shape index (κ2) is 5.59. The van der Waals surface area contributed by atoms with Crippen LogP contribution in [0.3, 0.4) is 0 Å². The molecule has 0 radical (unpaired) electrons. The summed E-state index contributed by atoms with van der Waals surface area (Å²) in [5, 5.41) is 3.47. The minimum atomic E-state index is 0.691. The van der Waals surface area contributed by atoms with Crippen molar-refractivity contribution in [3.63, 3.8) is 0 Å². The Morgan fingerprint density at radius 2 is 2.15 bits per heavy atom. The van der Waals surface area contributed by atoms with E-state index in [4.69, 9.17) is 4.74 Å². The zero-order valence-corrected chi connectivity index (χ0v) is 11.9. The predicted octanol–water partition coefficient (Wildman–Crippen LogP) is 2.71. The number of hydrogen-bond acceptors (Lipinski definition) is 4. The fourth-order valence-electron chi connectivity index (χ4n) is 2.19. The third-order valence-corrected chi connectivity index (χ3v) is 3.52. The molecule has 1 aromatic carbocycles. The van der Waals surface area contributed by atoms with Gasteiger partial charge in [-0.1, -0.05) is 0 Å². The molecule has 0 saturated heterocycles. The van der Waals surface area contributed by atoms with Crippen molar-refractivity contribution < 1.29 is 4.74 Å². The van der Waals surface area contributed by atoms with E-state index in [9.17, 15) is 0 Å². The molecule has 0 unspecified atom stereocenters. The number of hydrogen-bond donors (Lipinski definition) is 1. The van der Waals surface area contributed by atoms with E-state index in [1.54, 1.807) is 7.11 Å². The fourth-order valence-corrected chi connectivity index (χ4v) is 2.19. The average Bonchev–Trinajstić information content (AvgIpc) is 3.29. The summed E-state index contributed by atoms with van der Waals surface area (Å²) >= 11 is 0. The Balaban J connectivity index is 1.81. The minimum Gasteiger partial charge on any atom is -0.496 e. The van der Waals surface area contributed by atoms with Crippen molar-refractivity contribution in [2.45, 2.75) is 32.4 Å². The normalized spacial score (nSPS) is 14.3. The van der Waals surface area contributed by atoms with Crippen molar-refractivity contribution in [2.24, 2.45) is 0 Å². The summed E-state index contributed by atoms with van der Waals surface area (Å²) in [4.78, 5) is 8.99.